The van der Waals surface area contributed by atoms with Crippen molar-refractivity contribution in [3.63, 3.8) is 0 Å². The quantitative estimate of drug-likeness (QED) is 0.694. The van der Waals surface area contributed by atoms with Gasteiger partial charge in [-0.2, -0.15) is 18.4 Å². The van der Waals surface area contributed by atoms with E-state index in [2.05, 4.69) is 20.8 Å². The van der Waals surface area contributed by atoms with Crippen LogP contribution in [-0.4, -0.2) is 6.61 Å². The number of halogens is 1. The van der Waals surface area contributed by atoms with Crippen molar-refractivity contribution >= 4 is 0 Å². The van der Waals surface area contributed by atoms with Crippen LogP contribution in [0, 0.1) is 18.7 Å². The van der Waals surface area contributed by atoms with Crippen LogP contribution in [0.15, 0.2) is 18.2 Å². The van der Waals surface area contributed by atoms with E-state index in [1.54, 1.807) is 6.07 Å². The molecule has 1 aliphatic rings. The van der Waals surface area contributed by atoms with E-state index in [-0.39, 0.29) is 31.7 Å². The maximum Gasteiger partial charge on any atom is 0.102 e. The van der Waals surface area contributed by atoms with E-state index >= 15 is 0 Å². The molecule has 93 valence electrons. The van der Waals surface area contributed by atoms with Crippen LogP contribution in [0.1, 0.15) is 38.7 Å². The average molecular weight is 267 g/mol. The number of hydrogen-bond acceptors (Lipinski definition) is 1. The van der Waals surface area contributed by atoms with Gasteiger partial charge in [0.05, 0.1) is 6.61 Å². The van der Waals surface area contributed by atoms with Gasteiger partial charge in [0.15, 0.2) is 0 Å². The summed E-state index contributed by atoms with van der Waals surface area (Å²) >= 11 is 0. The Bertz CT molecular complexity index is 326. The largest absolute Gasteiger partial charge is 0.551 e. The van der Waals surface area contributed by atoms with E-state index in [1.165, 1.54) is 24.5 Å². The summed E-state index contributed by atoms with van der Waals surface area (Å²) in [6.45, 7) is 8.45. The van der Waals surface area contributed by atoms with Crippen molar-refractivity contribution in [2.75, 3.05) is 6.61 Å². The standard InChI is InChI=1S/C10H10FO.C4H9.Sc/c1-7-4-5-12-10-6-8(11)2-3-9(7)10;1-3-4-2;/h2-3,6H,4-5H2,1H3;1,3-4H2,2H3;/q2*-1;. The normalized spacial score (nSPS) is 12.6. The Kier molecular flexibility index (Phi) is 8.57. The summed E-state index contributed by atoms with van der Waals surface area (Å²) in [5.74, 6) is 1.72. The minimum absolute atomic E-state index is 0. The Morgan fingerprint density at radius 3 is 2.71 bits per heavy atom. The summed E-state index contributed by atoms with van der Waals surface area (Å²) in [5.41, 5.74) is 1.04. The molecule has 0 aromatic heterocycles. The van der Waals surface area contributed by atoms with Gasteiger partial charge in [0.1, 0.15) is 5.82 Å². The molecule has 1 aromatic rings. The van der Waals surface area contributed by atoms with Gasteiger partial charge >= 0.3 is 0 Å². The van der Waals surface area contributed by atoms with Crippen molar-refractivity contribution in [3.8, 4) is 5.75 Å². The molecule has 0 N–H and O–H groups in total. The van der Waals surface area contributed by atoms with Gasteiger partial charge in [0, 0.05) is 31.6 Å². The number of unbranched alkanes of at least 4 members (excludes halogenated alkanes) is 1. The van der Waals surface area contributed by atoms with E-state index in [9.17, 15) is 4.39 Å². The Labute approximate surface area is 123 Å². The molecule has 0 fully saturated rings. The van der Waals surface area contributed by atoms with Gasteiger partial charge in [-0.3, -0.25) is 0 Å². The van der Waals surface area contributed by atoms with Crippen LogP contribution in [0.25, 0.3) is 0 Å². The second kappa shape index (κ2) is 8.73. The monoisotopic (exact) mass is 267 g/mol. The van der Waals surface area contributed by atoms with E-state index in [4.69, 9.17) is 4.74 Å². The molecule has 1 nitrogen and oxygen atoms in total. The van der Waals surface area contributed by atoms with E-state index in [0.717, 1.165) is 18.4 Å². The summed E-state index contributed by atoms with van der Waals surface area (Å²) in [7, 11) is 0. The molecule has 0 amide bonds. The number of fused-ring (bicyclic) bond motifs is 1. The molecule has 0 saturated heterocycles. The smallest absolute Gasteiger partial charge is 0.102 e. The van der Waals surface area contributed by atoms with Crippen molar-refractivity contribution < 1.29 is 35.0 Å². The maximum absolute atomic E-state index is 12.7. The fourth-order valence-electron chi connectivity index (χ4n) is 1.42. The van der Waals surface area contributed by atoms with Gasteiger partial charge < -0.3 is 11.7 Å². The zero-order valence-corrected chi connectivity index (χ0v) is 12.4. The van der Waals surface area contributed by atoms with Gasteiger partial charge in [-0.15, -0.1) is 5.56 Å². The molecule has 0 atom stereocenters. The Morgan fingerprint density at radius 1 is 1.47 bits per heavy atom. The number of benzene rings is 1. The van der Waals surface area contributed by atoms with Crippen molar-refractivity contribution in [2.45, 2.75) is 33.1 Å². The van der Waals surface area contributed by atoms with Crippen LogP contribution in [0.3, 0.4) is 0 Å². The average Bonchev–Trinajstić information content (AvgIpc) is 2.29. The molecule has 1 aromatic carbocycles. The fourth-order valence-corrected chi connectivity index (χ4v) is 1.42. The molecule has 0 saturated carbocycles. The molecule has 2 rings (SSSR count). The predicted molar refractivity (Wildman–Crippen MR) is 64.8 cm³/mol. The van der Waals surface area contributed by atoms with Crippen molar-refractivity contribution in [1.29, 1.82) is 0 Å². The SMILES string of the molecule is C[C-]1CCOc2cc(F)ccc21.[CH2-]CCC.[Sc]. The summed E-state index contributed by atoms with van der Waals surface area (Å²) in [6.07, 6.45) is 3.22. The third-order valence-electron chi connectivity index (χ3n) is 2.49. The Morgan fingerprint density at radius 2 is 2.12 bits per heavy atom. The van der Waals surface area contributed by atoms with Crippen molar-refractivity contribution in [2.24, 2.45) is 0 Å². The molecule has 1 heterocycles. The second-order valence-electron chi connectivity index (χ2n) is 3.87. The van der Waals surface area contributed by atoms with Crippen molar-refractivity contribution in [3.05, 3.63) is 42.4 Å². The molecule has 0 unspecified atom stereocenters. The molecular weight excluding hydrogens is 248 g/mol. The van der Waals surface area contributed by atoms with Crippen LogP contribution in [-0.2, 0) is 25.8 Å². The van der Waals surface area contributed by atoms with Gasteiger partial charge in [-0.05, 0) is 12.5 Å². The zero-order valence-electron chi connectivity index (χ0n) is 10.6. The van der Waals surface area contributed by atoms with Gasteiger partial charge in [0.2, 0.25) is 0 Å². The first-order valence-corrected chi connectivity index (χ1v) is 5.73. The van der Waals surface area contributed by atoms with Crippen LogP contribution in [0.5, 0.6) is 5.75 Å². The molecular formula is C14H19FOSc-2. The van der Waals surface area contributed by atoms with Crippen LogP contribution >= 0.6 is 0 Å². The summed E-state index contributed by atoms with van der Waals surface area (Å²) in [6, 6.07) is 4.69. The van der Waals surface area contributed by atoms with Crippen LogP contribution < -0.4 is 4.74 Å². The predicted octanol–water partition coefficient (Wildman–Crippen LogP) is 4.17. The third kappa shape index (κ3) is 5.24. The Balaban J connectivity index is 0.000000453. The Hall–Kier alpha value is -0.310. The fraction of sp³-hybridized carbons (Fsp3) is 0.429. The van der Waals surface area contributed by atoms with E-state index in [0.29, 0.717) is 12.4 Å². The van der Waals surface area contributed by atoms with Gasteiger partial charge in [0.25, 0.3) is 0 Å². The van der Waals surface area contributed by atoms with Gasteiger partial charge in [-0.25, -0.2) is 4.39 Å². The molecule has 17 heavy (non-hydrogen) atoms. The third-order valence-corrected chi connectivity index (χ3v) is 2.49. The first-order chi connectivity index (χ1) is 7.69. The molecule has 3 heteroatoms. The first kappa shape index (κ1) is 16.7. The summed E-state index contributed by atoms with van der Waals surface area (Å²) in [5, 5.41) is 0. The van der Waals surface area contributed by atoms with E-state index < -0.39 is 0 Å². The number of ether oxygens (including phenoxy) is 1. The molecule has 1 aliphatic heterocycles. The minimum atomic E-state index is -0.233. The molecule has 0 aliphatic carbocycles. The van der Waals surface area contributed by atoms with E-state index in [1.807, 2.05) is 0 Å². The van der Waals surface area contributed by atoms with Crippen LogP contribution in [0.2, 0.25) is 0 Å². The van der Waals surface area contributed by atoms with Crippen molar-refractivity contribution in [1.82, 2.24) is 0 Å². The summed E-state index contributed by atoms with van der Waals surface area (Å²) in [4.78, 5) is 0. The number of hydrogen-bond donors (Lipinski definition) is 0. The summed E-state index contributed by atoms with van der Waals surface area (Å²) < 4.78 is 18.0. The first-order valence-electron chi connectivity index (χ1n) is 5.73. The topological polar surface area (TPSA) is 9.23 Å². The second-order valence-corrected chi connectivity index (χ2v) is 3.87. The number of rotatable bonds is 1. The maximum atomic E-state index is 12.7. The minimum Gasteiger partial charge on any atom is -0.551 e. The zero-order chi connectivity index (χ0) is 12.0. The van der Waals surface area contributed by atoms with Crippen LogP contribution in [0.4, 0.5) is 4.39 Å². The molecule has 0 bridgehead atoms. The molecule has 0 spiro atoms. The molecule has 1 radical (unpaired) electrons. The van der Waals surface area contributed by atoms with Gasteiger partial charge in [-0.1, -0.05) is 26.3 Å².